The average molecular weight is 186 g/mol. The van der Waals surface area contributed by atoms with Crippen molar-refractivity contribution in [3.63, 3.8) is 0 Å². The first-order chi connectivity index (χ1) is 5.10. The zero-order chi connectivity index (χ0) is 8.91. The Balaban J connectivity index is 0. The van der Waals surface area contributed by atoms with Gasteiger partial charge in [0.2, 0.25) is 0 Å². The number of aliphatic carboxylic acids is 1. The van der Waals surface area contributed by atoms with Gasteiger partial charge in [-0.05, 0) is 0 Å². The first-order valence-electron chi connectivity index (χ1n) is 2.95. The zero-order valence-corrected chi connectivity index (χ0v) is 8.75. The molecule has 0 bridgehead atoms. The molecule has 0 spiro atoms. The van der Waals surface area contributed by atoms with Crippen molar-refractivity contribution >= 4 is 14.8 Å². The predicted molar refractivity (Wildman–Crippen MR) is 36.6 cm³/mol. The number of rotatable bonds is 5. The molecule has 7 heteroatoms. The summed E-state index contributed by atoms with van der Waals surface area (Å²) >= 11 is 0. The van der Waals surface area contributed by atoms with Crippen molar-refractivity contribution in [1.29, 1.82) is 0 Å². The Kier molecular flexibility index (Phi) is 8.14. The topological polar surface area (TPSA) is 67.8 Å². The summed E-state index contributed by atoms with van der Waals surface area (Å²) in [5.74, 6) is -1.23. The SMILES string of the molecule is CO[Si](CC(=O)[O-])(OC)OC.[Li+]. The van der Waals surface area contributed by atoms with E-state index in [1.54, 1.807) is 0 Å². The molecular weight excluding hydrogens is 175 g/mol. The maximum Gasteiger partial charge on any atom is 1.00 e. The van der Waals surface area contributed by atoms with E-state index >= 15 is 0 Å². The molecule has 66 valence electrons. The van der Waals surface area contributed by atoms with E-state index in [0.29, 0.717) is 0 Å². The average Bonchev–Trinajstić information content (AvgIpc) is 2.00. The number of carboxylic acids is 1. The Bertz CT molecular complexity index is 130. The van der Waals surface area contributed by atoms with Crippen molar-refractivity contribution in [2.75, 3.05) is 21.3 Å². The molecule has 0 radical (unpaired) electrons. The molecule has 0 rings (SSSR count). The minimum atomic E-state index is -2.94. The summed E-state index contributed by atoms with van der Waals surface area (Å²) in [7, 11) is 1.11. The van der Waals surface area contributed by atoms with Gasteiger partial charge in [-0.2, -0.15) is 0 Å². The number of hydrogen-bond donors (Lipinski definition) is 0. The molecule has 0 aliphatic heterocycles. The summed E-state index contributed by atoms with van der Waals surface area (Å²) in [6.45, 7) is 0. The molecule has 0 N–H and O–H groups in total. The molecule has 0 aromatic rings. The number of carbonyl (C=O) groups excluding carboxylic acids is 1. The van der Waals surface area contributed by atoms with E-state index < -0.39 is 14.8 Å². The summed E-state index contributed by atoms with van der Waals surface area (Å²) in [5.41, 5.74) is 0. The van der Waals surface area contributed by atoms with Gasteiger partial charge in [-0.3, -0.25) is 0 Å². The summed E-state index contributed by atoms with van der Waals surface area (Å²) < 4.78 is 14.5. The van der Waals surface area contributed by atoms with Gasteiger partial charge in [0.1, 0.15) is 0 Å². The first-order valence-corrected chi connectivity index (χ1v) is 4.88. The van der Waals surface area contributed by atoms with Crippen molar-refractivity contribution in [2.45, 2.75) is 6.04 Å². The maximum atomic E-state index is 10.2. The molecule has 0 heterocycles. The van der Waals surface area contributed by atoms with Crippen molar-refractivity contribution in [2.24, 2.45) is 0 Å². The second-order valence-electron chi connectivity index (χ2n) is 1.84. The van der Waals surface area contributed by atoms with Crippen molar-refractivity contribution < 1.29 is 42.0 Å². The Morgan fingerprint density at radius 3 is 1.67 bits per heavy atom. The molecule has 12 heavy (non-hydrogen) atoms. The second-order valence-corrected chi connectivity index (χ2v) is 4.79. The minimum Gasteiger partial charge on any atom is -0.550 e. The van der Waals surface area contributed by atoms with Crippen LogP contribution in [0.1, 0.15) is 0 Å². The molecule has 0 saturated carbocycles. The van der Waals surface area contributed by atoms with E-state index in [4.69, 9.17) is 13.3 Å². The third-order valence-corrected chi connectivity index (χ3v) is 3.88. The summed E-state index contributed by atoms with van der Waals surface area (Å²) in [6, 6.07) is -0.323. The van der Waals surface area contributed by atoms with Crippen LogP contribution < -0.4 is 24.0 Å². The van der Waals surface area contributed by atoms with Gasteiger partial charge in [0, 0.05) is 27.3 Å². The minimum absolute atomic E-state index is 0. The van der Waals surface area contributed by atoms with Crippen LogP contribution in [-0.4, -0.2) is 36.1 Å². The fourth-order valence-electron chi connectivity index (χ4n) is 0.643. The van der Waals surface area contributed by atoms with Crippen molar-refractivity contribution in [3.05, 3.63) is 0 Å². The number of carboxylic acid groups (broad SMARTS) is 1. The Labute approximate surface area is 84.5 Å². The summed E-state index contributed by atoms with van der Waals surface area (Å²) in [4.78, 5) is 10.2. The predicted octanol–water partition coefficient (Wildman–Crippen LogP) is -4.38. The van der Waals surface area contributed by atoms with Crippen molar-refractivity contribution in [3.8, 4) is 0 Å². The van der Waals surface area contributed by atoms with Gasteiger partial charge in [-0.15, -0.1) is 0 Å². The van der Waals surface area contributed by atoms with Crippen LogP contribution in [0.4, 0.5) is 0 Å². The van der Waals surface area contributed by atoms with Crippen LogP contribution in [0.25, 0.3) is 0 Å². The van der Waals surface area contributed by atoms with Crippen LogP contribution in [0.2, 0.25) is 6.04 Å². The molecule has 0 unspecified atom stereocenters. The van der Waals surface area contributed by atoms with E-state index in [-0.39, 0.29) is 24.9 Å². The summed E-state index contributed by atoms with van der Waals surface area (Å²) in [5, 5.41) is 10.2. The molecule has 0 aromatic heterocycles. The summed E-state index contributed by atoms with van der Waals surface area (Å²) in [6.07, 6.45) is 0. The number of hydrogen-bond acceptors (Lipinski definition) is 5. The van der Waals surface area contributed by atoms with Crippen LogP contribution >= 0.6 is 0 Å². The van der Waals surface area contributed by atoms with E-state index in [9.17, 15) is 9.90 Å². The fraction of sp³-hybridized carbons (Fsp3) is 0.800. The van der Waals surface area contributed by atoms with Gasteiger partial charge < -0.3 is 23.2 Å². The zero-order valence-electron chi connectivity index (χ0n) is 7.75. The largest absolute Gasteiger partial charge is 1.00 e. The molecule has 0 aliphatic carbocycles. The number of carbonyl (C=O) groups is 1. The standard InChI is InChI=1S/C5H12O5Si.Li/c1-8-11(9-2,10-3)4-5(6)7;/h4H2,1-3H3,(H,6,7);/q;+1/p-1. The monoisotopic (exact) mass is 186 g/mol. The van der Waals surface area contributed by atoms with Gasteiger partial charge in [0.25, 0.3) is 0 Å². The smallest absolute Gasteiger partial charge is 0.550 e. The molecule has 0 saturated heterocycles. The maximum absolute atomic E-state index is 10.2. The normalized spacial score (nSPS) is 10.6. The third-order valence-electron chi connectivity index (χ3n) is 1.29. The molecule has 0 atom stereocenters. The molecule has 0 aliphatic rings. The fourth-order valence-corrected chi connectivity index (χ4v) is 1.93. The Hall–Kier alpha value is 0.164. The van der Waals surface area contributed by atoms with Crippen molar-refractivity contribution in [1.82, 2.24) is 0 Å². The van der Waals surface area contributed by atoms with E-state index in [1.165, 1.54) is 21.3 Å². The van der Waals surface area contributed by atoms with Gasteiger partial charge in [0.05, 0.1) is 6.04 Å². The van der Waals surface area contributed by atoms with E-state index in [0.717, 1.165) is 0 Å². The first kappa shape index (κ1) is 14.7. The molecule has 0 amide bonds. The van der Waals surface area contributed by atoms with Crippen LogP contribution in [0, 0.1) is 0 Å². The molecular formula is C5H11LiO5Si. The van der Waals surface area contributed by atoms with Gasteiger partial charge in [-0.1, -0.05) is 0 Å². The van der Waals surface area contributed by atoms with E-state index in [1.807, 2.05) is 0 Å². The quantitative estimate of drug-likeness (QED) is 0.406. The van der Waals surface area contributed by atoms with Crippen LogP contribution in [0.15, 0.2) is 0 Å². The van der Waals surface area contributed by atoms with Crippen LogP contribution in [0.5, 0.6) is 0 Å². The molecule has 5 nitrogen and oxygen atoms in total. The van der Waals surface area contributed by atoms with Gasteiger partial charge in [0.15, 0.2) is 0 Å². The van der Waals surface area contributed by atoms with Crippen LogP contribution in [-0.2, 0) is 18.1 Å². The van der Waals surface area contributed by atoms with Gasteiger partial charge >= 0.3 is 27.7 Å². The molecule has 0 fully saturated rings. The Morgan fingerprint density at radius 1 is 1.25 bits per heavy atom. The Morgan fingerprint density at radius 2 is 1.58 bits per heavy atom. The van der Waals surface area contributed by atoms with Gasteiger partial charge in [-0.25, -0.2) is 0 Å². The molecule has 0 aromatic carbocycles. The second kappa shape index (κ2) is 6.66. The third kappa shape index (κ3) is 4.25. The van der Waals surface area contributed by atoms with E-state index in [2.05, 4.69) is 0 Å². The van der Waals surface area contributed by atoms with Crippen LogP contribution in [0.3, 0.4) is 0 Å².